The Morgan fingerprint density at radius 1 is 1.26 bits per heavy atom. The molecule has 0 spiro atoms. The molecule has 1 aromatic heterocycles. The Morgan fingerprint density at radius 2 is 1.93 bits per heavy atom. The maximum Gasteiger partial charge on any atom is 0.340 e. The van der Waals surface area contributed by atoms with Gasteiger partial charge in [-0.3, -0.25) is 4.79 Å². The van der Waals surface area contributed by atoms with Gasteiger partial charge >= 0.3 is 5.97 Å². The van der Waals surface area contributed by atoms with E-state index in [9.17, 15) is 9.59 Å². The van der Waals surface area contributed by atoms with Crippen molar-refractivity contribution in [3.05, 3.63) is 29.4 Å². The van der Waals surface area contributed by atoms with Crippen molar-refractivity contribution in [1.82, 2.24) is 10.1 Å². The van der Waals surface area contributed by atoms with E-state index >= 15 is 0 Å². The van der Waals surface area contributed by atoms with Crippen LogP contribution >= 0.6 is 0 Å². The third-order valence-electron chi connectivity index (χ3n) is 4.34. The Labute approximate surface area is 156 Å². The molecule has 0 saturated heterocycles. The third kappa shape index (κ3) is 4.18. The molecular weight excluding hydrogens is 354 g/mol. The zero-order valence-electron chi connectivity index (χ0n) is 15.6. The van der Waals surface area contributed by atoms with Gasteiger partial charge in [0.1, 0.15) is 0 Å². The Hall–Kier alpha value is -3.10. The lowest BCUT2D eigenvalue weighted by Crippen LogP contribution is -2.18. The van der Waals surface area contributed by atoms with Crippen molar-refractivity contribution < 1.29 is 28.3 Å². The first-order valence-corrected chi connectivity index (χ1v) is 8.46. The summed E-state index contributed by atoms with van der Waals surface area (Å²) in [5, 5.41) is 6.42. The van der Waals surface area contributed by atoms with E-state index in [4.69, 9.17) is 18.7 Å². The van der Waals surface area contributed by atoms with E-state index in [-0.39, 0.29) is 29.9 Å². The molecule has 1 amide bonds. The zero-order chi connectivity index (χ0) is 19.6. The molecule has 9 heteroatoms. The summed E-state index contributed by atoms with van der Waals surface area (Å²) in [6, 6.07) is 3.00. The summed E-state index contributed by atoms with van der Waals surface area (Å²) < 4.78 is 20.7. The van der Waals surface area contributed by atoms with Crippen LogP contribution in [-0.4, -0.2) is 36.2 Å². The first-order valence-electron chi connectivity index (χ1n) is 8.46. The summed E-state index contributed by atoms with van der Waals surface area (Å²) in [4.78, 5) is 28.9. The number of aryl methyl sites for hydroxylation is 1. The number of amides is 1. The second-order valence-corrected chi connectivity index (χ2v) is 6.37. The first kappa shape index (κ1) is 18.7. The van der Waals surface area contributed by atoms with Crippen LogP contribution < -0.4 is 14.8 Å². The lowest BCUT2D eigenvalue weighted by Gasteiger charge is -2.15. The van der Waals surface area contributed by atoms with Crippen molar-refractivity contribution in [3.8, 4) is 11.5 Å². The highest BCUT2D eigenvalue weighted by molar-refractivity contribution is 6.03. The minimum atomic E-state index is -0.661. The molecule has 0 bridgehead atoms. The quantitative estimate of drug-likeness (QED) is 0.734. The standard InChI is InChI=1S/C18H21N3O6/c1-9-5-11(9)17(22)20-13-7-15(25-4)14(24-3)6-12(13)18(23)26-8-16-19-10(2)21-27-16/h6-7,9,11H,5,8H2,1-4H3,(H,20,22)/t9-,11+/m0/s1. The molecule has 1 fully saturated rings. The van der Waals surface area contributed by atoms with Crippen LogP contribution in [0.25, 0.3) is 0 Å². The van der Waals surface area contributed by atoms with Gasteiger partial charge in [-0.25, -0.2) is 4.79 Å². The highest BCUT2D eigenvalue weighted by atomic mass is 16.6. The van der Waals surface area contributed by atoms with Crippen molar-refractivity contribution in [1.29, 1.82) is 0 Å². The van der Waals surface area contributed by atoms with Crippen LogP contribution in [0.5, 0.6) is 11.5 Å². The molecule has 3 rings (SSSR count). The predicted molar refractivity (Wildman–Crippen MR) is 93.6 cm³/mol. The van der Waals surface area contributed by atoms with E-state index in [1.54, 1.807) is 6.92 Å². The number of nitrogens with one attached hydrogen (secondary N) is 1. The van der Waals surface area contributed by atoms with Crippen LogP contribution in [0.3, 0.4) is 0 Å². The van der Waals surface area contributed by atoms with E-state index < -0.39 is 5.97 Å². The number of rotatable bonds is 7. The summed E-state index contributed by atoms with van der Waals surface area (Å²) in [6.07, 6.45) is 0.829. The Morgan fingerprint density at radius 3 is 2.48 bits per heavy atom. The van der Waals surface area contributed by atoms with Gasteiger partial charge in [-0.2, -0.15) is 4.98 Å². The minimum Gasteiger partial charge on any atom is -0.493 e. The molecule has 1 aromatic carbocycles. The van der Waals surface area contributed by atoms with Crippen LogP contribution in [0, 0.1) is 18.8 Å². The largest absolute Gasteiger partial charge is 0.493 e. The molecule has 1 aliphatic carbocycles. The third-order valence-corrected chi connectivity index (χ3v) is 4.34. The summed E-state index contributed by atoms with van der Waals surface area (Å²) in [7, 11) is 2.93. The number of hydrogen-bond donors (Lipinski definition) is 1. The van der Waals surface area contributed by atoms with Gasteiger partial charge in [-0.15, -0.1) is 0 Å². The topological polar surface area (TPSA) is 113 Å². The molecular formula is C18H21N3O6. The molecule has 0 aliphatic heterocycles. The smallest absolute Gasteiger partial charge is 0.340 e. The molecule has 1 heterocycles. The summed E-state index contributed by atoms with van der Waals surface area (Å²) >= 11 is 0. The monoisotopic (exact) mass is 375 g/mol. The van der Waals surface area contributed by atoms with Gasteiger partial charge < -0.3 is 24.1 Å². The Kier molecular flexibility index (Phi) is 5.29. The number of aromatic nitrogens is 2. The van der Waals surface area contributed by atoms with Gasteiger partial charge in [-0.1, -0.05) is 12.1 Å². The molecule has 1 saturated carbocycles. The highest BCUT2D eigenvalue weighted by Gasteiger charge is 2.39. The van der Waals surface area contributed by atoms with Gasteiger partial charge in [0.2, 0.25) is 5.91 Å². The average Bonchev–Trinajstić information content (AvgIpc) is 3.25. The van der Waals surface area contributed by atoms with Crippen LogP contribution in [0.1, 0.15) is 35.4 Å². The van der Waals surface area contributed by atoms with Gasteiger partial charge in [0.15, 0.2) is 23.9 Å². The fourth-order valence-electron chi connectivity index (χ4n) is 2.67. The number of methoxy groups -OCH3 is 2. The second kappa shape index (κ2) is 7.65. The number of anilines is 1. The van der Waals surface area contributed by atoms with Gasteiger partial charge in [0.05, 0.1) is 25.5 Å². The number of carbonyl (C=O) groups excluding carboxylic acids is 2. The zero-order valence-corrected chi connectivity index (χ0v) is 15.6. The maximum atomic E-state index is 12.6. The van der Waals surface area contributed by atoms with Crippen molar-refractivity contribution in [2.24, 2.45) is 11.8 Å². The van der Waals surface area contributed by atoms with Crippen molar-refractivity contribution in [2.45, 2.75) is 26.9 Å². The maximum absolute atomic E-state index is 12.6. The number of nitrogens with zero attached hydrogens (tertiary/aromatic N) is 2. The second-order valence-electron chi connectivity index (χ2n) is 6.37. The molecule has 2 atom stereocenters. The molecule has 0 unspecified atom stereocenters. The van der Waals surface area contributed by atoms with E-state index in [2.05, 4.69) is 15.5 Å². The number of ether oxygens (including phenoxy) is 3. The van der Waals surface area contributed by atoms with Crippen molar-refractivity contribution in [2.75, 3.05) is 19.5 Å². The molecule has 2 aromatic rings. The summed E-state index contributed by atoms with van der Waals surface area (Å²) in [6.45, 7) is 3.48. The summed E-state index contributed by atoms with van der Waals surface area (Å²) in [5.74, 6) is 0.834. The van der Waals surface area contributed by atoms with Gasteiger partial charge in [0.25, 0.3) is 5.89 Å². The van der Waals surface area contributed by atoms with Gasteiger partial charge in [-0.05, 0) is 19.3 Å². The first-order chi connectivity index (χ1) is 12.9. The van der Waals surface area contributed by atoms with E-state index in [1.807, 2.05) is 6.92 Å². The van der Waals surface area contributed by atoms with Crippen molar-refractivity contribution >= 4 is 17.6 Å². The van der Waals surface area contributed by atoms with Crippen molar-refractivity contribution in [3.63, 3.8) is 0 Å². The van der Waals surface area contributed by atoms with E-state index in [1.165, 1.54) is 26.4 Å². The van der Waals surface area contributed by atoms with Crippen LogP contribution in [0.15, 0.2) is 16.7 Å². The number of hydrogen-bond acceptors (Lipinski definition) is 8. The molecule has 0 radical (unpaired) electrons. The molecule has 144 valence electrons. The normalized spacial score (nSPS) is 17.9. The highest BCUT2D eigenvalue weighted by Crippen LogP contribution is 2.40. The Bertz CT molecular complexity index is 863. The lowest BCUT2D eigenvalue weighted by molar-refractivity contribution is -0.117. The number of carbonyl (C=O) groups is 2. The van der Waals surface area contributed by atoms with Crippen LogP contribution in [-0.2, 0) is 16.1 Å². The minimum absolute atomic E-state index is 0.0525. The van der Waals surface area contributed by atoms with E-state index in [0.717, 1.165) is 6.42 Å². The van der Waals surface area contributed by atoms with Gasteiger partial charge in [0, 0.05) is 18.1 Å². The lowest BCUT2D eigenvalue weighted by atomic mass is 10.1. The molecule has 1 aliphatic rings. The van der Waals surface area contributed by atoms with Crippen LogP contribution in [0.2, 0.25) is 0 Å². The molecule has 1 N–H and O–H groups in total. The fraction of sp³-hybridized carbons (Fsp3) is 0.444. The average molecular weight is 375 g/mol. The predicted octanol–water partition coefficient (Wildman–Crippen LogP) is 2.35. The Balaban J connectivity index is 1.83. The van der Waals surface area contributed by atoms with Crippen LogP contribution in [0.4, 0.5) is 5.69 Å². The SMILES string of the molecule is COc1cc(NC(=O)[C@@H]2C[C@@H]2C)c(C(=O)OCc2nc(C)no2)cc1OC. The summed E-state index contributed by atoms with van der Waals surface area (Å²) in [5.41, 5.74) is 0.439. The van der Waals surface area contributed by atoms with E-state index in [0.29, 0.717) is 28.9 Å². The molecule has 9 nitrogen and oxygen atoms in total. The molecule has 27 heavy (non-hydrogen) atoms. The number of benzene rings is 1. The fourth-order valence-corrected chi connectivity index (χ4v) is 2.67. The number of esters is 1.